The molecule has 0 radical (unpaired) electrons. The van der Waals surface area contributed by atoms with Gasteiger partial charge >= 0.3 is 0 Å². The Labute approximate surface area is 167 Å². The number of nitrogens with one attached hydrogen (secondary N) is 1. The Morgan fingerprint density at radius 2 is 1.80 bits per heavy atom. The van der Waals surface area contributed by atoms with E-state index in [-0.39, 0.29) is 24.8 Å². The van der Waals surface area contributed by atoms with E-state index in [1.165, 1.54) is 25.7 Å². The van der Waals surface area contributed by atoms with Gasteiger partial charge in [0.1, 0.15) is 0 Å². The van der Waals surface area contributed by atoms with Gasteiger partial charge in [0, 0.05) is 30.1 Å². The largest absolute Gasteiger partial charge is 0.311 e. The van der Waals surface area contributed by atoms with Crippen molar-refractivity contribution >= 4 is 47.3 Å². The predicted octanol–water partition coefficient (Wildman–Crippen LogP) is 4.76. The van der Waals surface area contributed by atoms with Crippen LogP contribution in [0.1, 0.15) is 36.9 Å². The van der Waals surface area contributed by atoms with Gasteiger partial charge in [0.15, 0.2) is 0 Å². The Hall–Kier alpha value is -0.580. The first-order valence-electron chi connectivity index (χ1n) is 8.62. The molecule has 0 amide bonds. The molecule has 2 fully saturated rings. The van der Waals surface area contributed by atoms with Gasteiger partial charge in [0.2, 0.25) is 0 Å². The van der Waals surface area contributed by atoms with Crippen molar-refractivity contribution in [2.45, 2.75) is 57.3 Å². The highest BCUT2D eigenvalue weighted by molar-refractivity contribution is 6.32. The van der Waals surface area contributed by atoms with Crippen LogP contribution in [0.5, 0.6) is 0 Å². The highest BCUT2D eigenvalue weighted by Crippen LogP contribution is 2.32. The van der Waals surface area contributed by atoms with Crippen molar-refractivity contribution < 1.29 is 0 Å². The molecule has 2 bridgehead atoms. The summed E-state index contributed by atoms with van der Waals surface area (Å²) >= 11 is 6.62. The third-order valence-corrected chi connectivity index (χ3v) is 6.12. The van der Waals surface area contributed by atoms with E-state index in [1.807, 2.05) is 12.1 Å². The summed E-state index contributed by atoms with van der Waals surface area (Å²) in [6.45, 7) is 2.93. The lowest BCUT2D eigenvalue weighted by Gasteiger charge is -2.35. The van der Waals surface area contributed by atoms with Crippen molar-refractivity contribution in [3.8, 4) is 0 Å². The smallest absolute Gasteiger partial charge is 0.0740 e. The number of hydrogen-bond acceptors (Lipinski definition) is 3. The molecule has 2 aliphatic rings. The Balaban J connectivity index is 0.00000113. The fourth-order valence-electron chi connectivity index (χ4n) is 4.27. The topological polar surface area (TPSA) is 28.2 Å². The fraction of sp³-hybridized carbons (Fsp3) is 0.526. The third-order valence-electron chi connectivity index (χ3n) is 5.62. The molecule has 6 heteroatoms. The van der Waals surface area contributed by atoms with E-state index >= 15 is 0 Å². The van der Waals surface area contributed by atoms with Gasteiger partial charge in [-0.2, -0.15) is 0 Å². The van der Waals surface area contributed by atoms with Crippen molar-refractivity contribution in [3.05, 3.63) is 40.5 Å². The lowest BCUT2D eigenvalue weighted by atomic mass is 9.98. The molecule has 1 aromatic carbocycles. The molecule has 2 aliphatic heterocycles. The number of pyridine rings is 1. The zero-order chi connectivity index (χ0) is 16.0. The summed E-state index contributed by atoms with van der Waals surface area (Å²) in [5, 5.41) is 5.70. The van der Waals surface area contributed by atoms with Crippen LogP contribution >= 0.6 is 36.4 Å². The first-order valence-corrected chi connectivity index (χ1v) is 8.99. The predicted molar refractivity (Wildman–Crippen MR) is 110 cm³/mol. The average molecular weight is 403 g/mol. The van der Waals surface area contributed by atoms with Crippen LogP contribution in [0.4, 0.5) is 0 Å². The molecule has 3 nitrogen and oxygen atoms in total. The van der Waals surface area contributed by atoms with E-state index in [0.717, 1.165) is 33.7 Å². The number of aromatic nitrogens is 1. The highest BCUT2D eigenvalue weighted by Gasteiger charge is 2.35. The minimum absolute atomic E-state index is 0. The molecule has 2 atom stereocenters. The maximum atomic E-state index is 6.62. The third kappa shape index (κ3) is 4.06. The molecule has 2 aromatic rings. The maximum Gasteiger partial charge on any atom is 0.0740 e. The van der Waals surface area contributed by atoms with Crippen LogP contribution in [0.25, 0.3) is 10.9 Å². The minimum Gasteiger partial charge on any atom is -0.311 e. The van der Waals surface area contributed by atoms with E-state index in [4.69, 9.17) is 16.6 Å². The summed E-state index contributed by atoms with van der Waals surface area (Å²) in [6.07, 6.45) is 5.17. The number of benzene rings is 1. The van der Waals surface area contributed by atoms with Crippen LogP contribution in [-0.2, 0) is 6.54 Å². The van der Waals surface area contributed by atoms with Gasteiger partial charge in [-0.1, -0.05) is 29.8 Å². The second kappa shape index (κ2) is 8.41. The lowest BCUT2D eigenvalue weighted by Crippen LogP contribution is -2.46. The number of rotatable bonds is 3. The van der Waals surface area contributed by atoms with Gasteiger partial charge in [-0.15, -0.1) is 24.8 Å². The van der Waals surface area contributed by atoms with E-state index in [1.54, 1.807) is 0 Å². The second-order valence-corrected chi connectivity index (χ2v) is 7.57. The van der Waals surface area contributed by atoms with Crippen molar-refractivity contribution in [3.63, 3.8) is 0 Å². The molecule has 2 unspecified atom stereocenters. The van der Waals surface area contributed by atoms with E-state index in [9.17, 15) is 0 Å². The number of halogens is 3. The summed E-state index contributed by atoms with van der Waals surface area (Å²) in [7, 11) is 2.22. The Morgan fingerprint density at radius 1 is 1.16 bits per heavy atom. The molecule has 0 aliphatic carbocycles. The molecular formula is C19H26Cl3N3. The first kappa shape index (κ1) is 20.7. The molecule has 0 spiro atoms. The van der Waals surface area contributed by atoms with E-state index in [0.29, 0.717) is 18.1 Å². The summed E-state index contributed by atoms with van der Waals surface area (Å²) < 4.78 is 0. The summed E-state index contributed by atoms with van der Waals surface area (Å²) in [4.78, 5) is 7.29. The number of fused-ring (bicyclic) bond motifs is 3. The van der Waals surface area contributed by atoms with Crippen LogP contribution in [0, 0.1) is 6.92 Å². The van der Waals surface area contributed by atoms with Gasteiger partial charge in [-0.25, -0.2) is 4.98 Å². The molecule has 2 saturated heterocycles. The van der Waals surface area contributed by atoms with Crippen LogP contribution < -0.4 is 5.32 Å². The minimum atomic E-state index is 0. The molecule has 4 rings (SSSR count). The number of piperidine rings is 1. The Morgan fingerprint density at radius 3 is 2.48 bits per heavy atom. The summed E-state index contributed by atoms with van der Waals surface area (Å²) in [6, 6.07) is 10.3. The van der Waals surface area contributed by atoms with Crippen LogP contribution in [-0.4, -0.2) is 35.1 Å². The van der Waals surface area contributed by atoms with Crippen molar-refractivity contribution in [2.75, 3.05) is 7.05 Å². The second-order valence-electron chi connectivity index (χ2n) is 7.19. The van der Waals surface area contributed by atoms with Crippen molar-refractivity contribution in [1.29, 1.82) is 0 Å². The molecule has 25 heavy (non-hydrogen) atoms. The lowest BCUT2D eigenvalue weighted by molar-refractivity contribution is 0.164. The number of hydrogen-bond donors (Lipinski definition) is 1. The quantitative estimate of drug-likeness (QED) is 0.802. The molecule has 3 heterocycles. The zero-order valence-electron chi connectivity index (χ0n) is 14.7. The van der Waals surface area contributed by atoms with Crippen LogP contribution in [0.15, 0.2) is 24.3 Å². The first-order chi connectivity index (χ1) is 11.1. The van der Waals surface area contributed by atoms with Gasteiger partial charge in [-0.05, 0) is 51.3 Å². The standard InChI is InChI=1S/C19H24ClN3.2ClH/c1-12-16-5-3-4-6-17(16)22-18(19(12)20)11-23(2)15-9-13-7-8-14(10-15)21-13;;/h3-6,13-15,21H,7-11H2,1-2H3;2*1H. The Bertz CT molecular complexity index is 725. The monoisotopic (exact) mass is 401 g/mol. The molecule has 1 N–H and O–H groups in total. The van der Waals surface area contributed by atoms with Gasteiger partial charge in [0.05, 0.1) is 16.2 Å². The zero-order valence-corrected chi connectivity index (χ0v) is 17.1. The van der Waals surface area contributed by atoms with Gasteiger partial charge in [-0.3, -0.25) is 4.90 Å². The van der Waals surface area contributed by atoms with Crippen LogP contribution in [0.2, 0.25) is 5.02 Å². The molecule has 1 aromatic heterocycles. The molecular weight excluding hydrogens is 377 g/mol. The highest BCUT2D eigenvalue weighted by atomic mass is 35.5. The normalized spacial score (nSPS) is 24.9. The van der Waals surface area contributed by atoms with Crippen LogP contribution in [0.3, 0.4) is 0 Å². The molecule has 0 saturated carbocycles. The number of aryl methyl sites for hydroxylation is 1. The van der Waals surface area contributed by atoms with E-state index < -0.39 is 0 Å². The van der Waals surface area contributed by atoms with Crippen molar-refractivity contribution in [2.24, 2.45) is 0 Å². The number of nitrogens with zero attached hydrogens (tertiary/aromatic N) is 2. The maximum absolute atomic E-state index is 6.62. The summed E-state index contributed by atoms with van der Waals surface area (Å²) in [5.41, 5.74) is 3.20. The summed E-state index contributed by atoms with van der Waals surface area (Å²) in [5.74, 6) is 0. The fourth-order valence-corrected chi connectivity index (χ4v) is 4.48. The Kier molecular flexibility index (Phi) is 6.97. The SMILES string of the molecule is Cc1c(Cl)c(CN(C)C2CC3CCC(C2)N3)nc2ccccc12.Cl.Cl. The van der Waals surface area contributed by atoms with E-state index in [2.05, 4.69) is 36.3 Å². The average Bonchev–Trinajstić information content (AvgIpc) is 2.90. The number of para-hydroxylation sites is 1. The van der Waals surface area contributed by atoms with Gasteiger partial charge < -0.3 is 5.32 Å². The van der Waals surface area contributed by atoms with Crippen molar-refractivity contribution in [1.82, 2.24) is 15.2 Å². The van der Waals surface area contributed by atoms with Gasteiger partial charge in [0.25, 0.3) is 0 Å². The molecule has 138 valence electrons.